The molecule has 0 spiro atoms. The summed E-state index contributed by atoms with van der Waals surface area (Å²) in [5.74, 6) is -3.15. The highest BCUT2D eigenvalue weighted by Crippen LogP contribution is 2.52. The lowest BCUT2D eigenvalue weighted by atomic mass is 9.77. The van der Waals surface area contributed by atoms with Crippen LogP contribution in [0, 0.1) is 23.3 Å². The molecule has 1 aliphatic rings. The molecule has 30 heavy (non-hydrogen) atoms. The molecule has 0 heterocycles. The lowest BCUT2D eigenvalue weighted by molar-refractivity contribution is 0.497. The van der Waals surface area contributed by atoms with Crippen LogP contribution in [-0.4, -0.2) is 0 Å². The van der Waals surface area contributed by atoms with Crippen LogP contribution in [0.5, 0.6) is 0 Å². The SMILES string of the molecule is CCCCCc1cc2c(c(F)c1F)-c1c-2ccc(-c2ccc(CCC)cc2F)c1F. The lowest BCUT2D eigenvalue weighted by Gasteiger charge is -2.27. The average molecular weight is 412 g/mol. The molecule has 0 fully saturated rings. The molecule has 4 rings (SSSR count). The van der Waals surface area contributed by atoms with Crippen molar-refractivity contribution >= 4 is 0 Å². The average Bonchev–Trinajstić information content (AvgIpc) is 2.71. The highest BCUT2D eigenvalue weighted by molar-refractivity contribution is 6.04. The molecule has 0 bridgehead atoms. The molecule has 3 aromatic carbocycles. The second-order valence-corrected chi connectivity index (χ2v) is 7.96. The number of hydrogen-bond donors (Lipinski definition) is 0. The molecule has 0 radical (unpaired) electrons. The highest BCUT2D eigenvalue weighted by Gasteiger charge is 2.34. The van der Waals surface area contributed by atoms with Gasteiger partial charge in [0.1, 0.15) is 11.6 Å². The maximum absolute atomic E-state index is 15.3. The molecule has 0 N–H and O–H groups in total. The summed E-state index contributed by atoms with van der Waals surface area (Å²) in [4.78, 5) is 0. The molecule has 4 heteroatoms. The molecule has 0 nitrogen and oxygen atoms in total. The van der Waals surface area contributed by atoms with Crippen LogP contribution >= 0.6 is 0 Å². The van der Waals surface area contributed by atoms with Crippen LogP contribution in [0.1, 0.15) is 50.7 Å². The van der Waals surface area contributed by atoms with Crippen LogP contribution in [0.2, 0.25) is 0 Å². The van der Waals surface area contributed by atoms with Crippen LogP contribution in [0.4, 0.5) is 17.6 Å². The van der Waals surface area contributed by atoms with Crippen molar-refractivity contribution in [1.82, 2.24) is 0 Å². The van der Waals surface area contributed by atoms with Crippen molar-refractivity contribution in [3.8, 4) is 33.4 Å². The predicted octanol–water partition coefficient (Wildman–Crippen LogP) is 8.24. The van der Waals surface area contributed by atoms with Gasteiger partial charge in [0.05, 0.1) is 0 Å². The minimum atomic E-state index is -1.01. The second-order valence-electron chi connectivity index (χ2n) is 7.96. The van der Waals surface area contributed by atoms with Crippen molar-refractivity contribution in [2.24, 2.45) is 0 Å². The summed E-state index contributed by atoms with van der Waals surface area (Å²) in [7, 11) is 0. The van der Waals surface area contributed by atoms with Gasteiger partial charge in [-0.25, -0.2) is 17.6 Å². The minimum Gasteiger partial charge on any atom is -0.206 e. The summed E-state index contributed by atoms with van der Waals surface area (Å²) in [5, 5.41) is 0. The predicted molar refractivity (Wildman–Crippen MR) is 113 cm³/mol. The summed E-state index contributed by atoms with van der Waals surface area (Å²) >= 11 is 0. The molecule has 0 aliphatic heterocycles. The molecule has 0 saturated carbocycles. The van der Waals surface area contributed by atoms with Crippen LogP contribution in [0.15, 0.2) is 36.4 Å². The van der Waals surface area contributed by atoms with E-state index in [4.69, 9.17) is 0 Å². The first-order chi connectivity index (χ1) is 14.5. The molecule has 3 aromatic rings. The fourth-order valence-corrected chi connectivity index (χ4v) is 4.29. The normalized spacial score (nSPS) is 11.8. The third-order valence-electron chi connectivity index (χ3n) is 5.88. The van der Waals surface area contributed by atoms with E-state index in [0.717, 1.165) is 37.7 Å². The first-order valence-electron chi connectivity index (χ1n) is 10.6. The standard InChI is InChI=1S/C26H24F4/c1-3-5-6-8-16-14-20-18-11-12-19(17-10-9-15(7-4-2)13-21(17)27)25(29)22(18)23(20)26(30)24(16)28/h9-14H,3-8H2,1-2H3. The molecule has 0 amide bonds. The van der Waals surface area contributed by atoms with E-state index in [1.165, 1.54) is 12.1 Å². The lowest BCUT2D eigenvalue weighted by Crippen LogP contribution is -2.10. The highest BCUT2D eigenvalue weighted by atomic mass is 19.2. The summed E-state index contributed by atoms with van der Waals surface area (Å²) in [5.41, 5.74) is 2.43. The summed E-state index contributed by atoms with van der Waals surface area (Å²) in [6, 6.07) is 9.56. The van der Waals surface area contributed by atoms with E-state index < -0.39 is 23.3 Å². The monoisotopic (exact) mass is 412 g/mol. The van der Waals surface area contributed by atoms with Gasteiger partial charge in [-0.15, -0.1) is 0 Å². The zero-order chi connectivity index (χ0) is 21.4. The van der Waals surface area contributed by atoms with Crippen molar-refractivity contribution in [2.75, 3.05) is 0 Å². The van der Waals surface area contributed by atoms with Gasteiger partial charge >= 0.3 is 0 Å². The van der Waals surface area contributed by atoms with Crippen LogP contribution < -0.4 is 0 Å². The molecule has 156 valence electrons. The van der Waals surface area contributed by atoms with Crippen molar-refractivity contribution in [1.29, 1.82) is 0 Å². The number of aryl methyl sites for hydroxylation is 2. The Balaban J connectivity index is 1.74. The summed E-state index contributed by atoms with van der Waals surface area (Å²) in [6.45, 7) is 4.05. The maximum Gasteiger partial charge on any atom is 0.167 e. The summed E-state index contributed by atoms with van der Waals surface area (Å²) < 4.78 is 59.3. The van der Waals surface area contributed by atoms with Gasteiger partial charge in [0.25, 0.3) is 0 Å². The Morgan fingerprint density at radius 3 is 2.00 bits per heavy atom. The van der Waals surface area contributed by atoms with Crippen molar-refractivity contribution < 1.29 is 17.6 Å². The second kappa shape index (κ2) is 8.25. The maximum atomic E-state index is 15.3. The summed E-state index contributed by atoms with van der Waals surface area (Å²) in [6.07, 6.45) is 4.78. The molecular weight excluding hydrogens is 388 g/mol. The third-order valence-corrected chi connectivity index (χ3v) is 5.88. The van der Waals surface area contributed by atoms with E-state index >= 15 is 4.39 Å². The molecule has 0 aromatic heterocycles. The van der Waals surface area contributed by atoms with Crippen molar-refractivity contribution in [3.63, 3.8) is 0 Å². The van der Waals surface area contributed by atoms with Gasteiger partial charge in [-0.2, -0.15) is 0 Å². The van der Waals surface area contributed by atoms with Gasteiger partial charge in [0.15, 0.2) is 11.6 Å². The fraction of sp³-hybridized carbons (Fsp3) is 0.308. The minimum absolute atomic E-state index is 0.0379. The first kappa shape index (κ1) is 20.6. The number of rotatable bonds is 7. The topological polar surface area (TPSA) is 0 Å². The Bertz CT molecular complexity index is 1110. The molecule has 0 saturated heterocycles. The van der Waals surface area contributed by atoms with E-state index in [-0.39, 0.29) is 22.3 Å². The van der Waals surface area contributed by atoms with Crippen LogP contribution in [0.25, 0.3) is 33.4 Å². The van der Waals surface area contributed by atoms with Gasteiger partial charge in [-0.05, 0) is 53.6 Å². The Labute approximate surface area is 174 Å². The van der Waals surface area contributed by atoms with Crippen LogP contribution in [0.3, 0.4) is 0 Å². The third kappa shape index (κ3) is 3.32. The Kier molecular flexibility index (Phi) is 5.68. The molecule has 0 atom stereocenters. The van der Waals surface area contributed by atoms with Crippen molar-refractivity contribution in [2.45, 2.75) is 52.4 Å². The largest absolute Gasteiger partial charge is 0.206 e. The van der Waals surface area contributed by atoms with Gasteiger partial charge in [0, 0.05) is 22.3 Å². The zero-order valence-corrected chi connectivity index (χ0v) is 17.2. The Morgan fingerprint density at radius 1 is 0.600 bits per heavy atom. The van der Waals surface area contributed by atoms with Crippen LogP contribution in [-0.2, 0) is 12.8 Å². The van der Waals surface area contributed by atoms with Gasteiger partial charge in [-0.1, -0.05) is 57.4 Å². The number of fused-ring (bicyclic) bond motifs is 4. The first-order valence-corrected chi connectivity index (χ1v) is 10.6. The van der Waals surface area contributed by atoms with E-state index in [1.54, 1.807) is 24.3 Å². The van der Waals surface area contributed by atoms with E-state index in [2.05, 4.69) is 0 Å². The number of unbranched alkanes of at least 4 members (excludes halogenated alkanes) is 2. The number of hydrogen-bond acceptors (Lipinski definition) is 0. The quantitative estimate of drug-likeness (QED) is 0.212. The number of benzene rings is 3. The smallest absolute Gasteiger partial charge is 0.167 e. The van der Waals surface area contributed by atoms with E-state index in [1.807, 2.05) is 13.8 Å². The zero-order valence-electron chi connectivity index (χ0n) is 17.2. The van der Waals surface area contributed by atoms with E-state index in [0.29, 0.717) is 23.1 Å². The Hall–Kier alpha value is -2.62. The van der Waals surface area contributed by atoms with Gasteiger partial charge < -0.3 is 0 Å². The molecular formula is C26H24F4. The van der Waals surface area contributed by atoms with Gasteiger partial charge in [0.2, 0.25) is 0 Å². The van der Waals surface area contributed by atoms with Crippen molar-refractivity contribution in [3.05, 3.63) is 70.8 Å². The Morgan fingerprint density at radius 2 is 1.30 bits per heavy atom. The molecule has 0 unspecified atom stereocenters. The fourth-order valence-electron chi connectivity index (χ4n) is 4.29. The number of halogens is 4. The van der Waals surface area contributed by atoms with Gasteiger partial charge in [-0.3, -0.25) is 0 Å². The van der Waals surface area contributed by atoms with E-state index in [9.17, 15) is 13.2 Å². The molecule has 1 aliphatic carbocycles.